The van der Waals surface area contributed by atoms with Crippen molar-refractivity contribution in [3.05, 3.63) is 0 Å². The van der Waals surface area contributed by atoms with Gasteiger partial charge in [0.15, 0.2) is 0 Å². The third-order valence-corrected chi connectivity index (χ3v) is 2.92. The largest absolute Gasteiger partial charge is 0.468 e. The van der Waals surface area contributed by atoms with Crippen molar-refractivity contribution in [1.82, 2.24) is 5.06 Å². The van der Waals surface area contributed by atoms with Gasteiger partial charge in [0.1, 0.15) is 6.04 Å². The summed E-state index contributed by atoms with van der Waals surface area (Å²) in [5.74, 6) is 0.190. The lowest BCUT2D eigenvalue weighted by molar-refractivity contribution is -0.150. The summed E-state index contributed by atoms with van der Waals surface area (Å²) in [7, 11) is 3.05. The molecule has 0 aromatic heterocycles. The van der Waals surface area contributed by atoms with Crippen molar-refractivity contribution in [3.8, 4) is 0 Å². The van der Waals surface area contributed by atoms with Gasteiger partial charge < -0.3 is 15.3 Å². The van der Waals surface area contributed by atoms with Gasteiger partial charge in [-0.25, -0.2) is 0 Å². The fourth-order valence-electron chi connectivity index (χ4n) is 1.93. The molecule has 5 nitrogen and oxygen atoms in total. The number of rotatable bonds is 4. The zero-order chi connectivity index (χ0) is 11.3. The molecule has 1 heterocycles. The highest BCUT2D eigenvalue weighted by Crippen LogP contribution is 2.21. The van der Waals surface area contributed by atoms with E-state index in [1.54, 1.807) is 7.11 Å². The summed E-state index contributed by atoms with van der Waals surface area (Å²) in [6, 6.07) is -0.478. The molecule has 0 aliphatic carbocycles. The predicted octanol–water partition coefficient (Wildman–Crippen LogP) is 0.150. The molecule has 1 rings (SSSR count). The Balaban J connectivity index is 2.26. The quantitative estimate of drug-likeness (QED) is 0.678. The van der Waals surface area contributed by atoms with Crippen molar-refractivity contribution < 1.29 is 14.4 Å². The number of hydroxylamine groups is 2. The molecule has 0 amide bonds. The molecular weight excluding hydrogens is 196 g/mol. The van der Waals surface area contributed by atoms with Gasteiger partial charge in [-0.15, -0.1) is 0 Å². The lowest BCUT2D eigenvalue weighted by Crippen LogP contribution is -2.38. The van der Waals surface area contributed by atoms with Crippen molar-refractivity contribution >= 4 is 5.97 Å². The third kappa shape index (κ3) is 3.77. The van der Waals surface area contributed by atoms with Crippen LogP contribution >= 0.6 is 0 Å². The Morgan fingerprint density at radius 1 is 1.47 bits per heavy atom. The Bertz CT molecular complexity index is 203. The number of ether oxygens (including phenoxy) is 1. The maximum Gasteiger partial charge on any atom is 0.322 e. The molecular formula is C10H20N2O3. The molecule has 2 N–H and O–H groups in total. The fraction of sp³-hybridized carbons (Fsp3) is 0.900. The van der Waals surface area contributed by atoms with E-state index in [0.717, 1.165) is 25.9 Å². The van der Waals surface area contributed by atoms with E-state index >= 15 is 0 Å². The second-order valence-electron chi connectivity index (χ2n) is 3.92. The second kappa shape index (κ2) is 6.05. The van der Waals surface area contributed by atoms with Gasteiger partial charge in [0, 0.05) is 13.1 Å². The van der Waals surface area contributed by atoms with E-state index in [1.165, 1.54) is 7.11 Å². The minimum absolute atomic E-state index is 0.316. The summed E-state index contributed by atoms with van der Waals surface area (Å²) in [5.41, 5.74) is 5.71. The van der Waals surface area contributed by atoms with Gasteiger partial charge in [0.05, 0.1) is 14.2 Å². The highest BCUT2D eigenvalue weighted by atomic mass is 16.7. The summed E-state index contributed by atoms with van der Waals surface area (Å²) in [6.45, 7) is 1.82. The maximum absolute atomic E-state index is 11.1. The first-order chi connectivity index (χ1) is 7.17. The summed E-state index contributed by atoms with van der Waals surface area (Å²) >= 11 is 0. The van der Waals surface area contributed by atoms with Crippen LogP contribution in [0.2, 0.25) is 0 Å². The first-order valence-electron chi connectivity index (χ1n) is 5.29. The number of methoxy groups -OCH3 is 1. The first kappa shape index (κ1) is 12.4. The van der Waals surface area contributed by atoms with Crippen molar-refractivity contribution in [3.63, 3.8) is 0 Å². The number of nitrogens with two attached hydrogens (primary N) is 1. The Hall–Kier alpha value is -0.650. The normalized spacial score (nSPS) is 21.3. The number of hydrogen-bond donors (Lipinski definition) is 1. The van der Waals surface area contributed by atoms with Crippen molar-refractivity contribution in [2.75, 3.05) is 27.3 Å². The SMILES string of the molecule is COC(=O)C(N)CC1CCN(OC)CC1. The molecule has 0 aromatic rings. The van der Waals surface area contributed by atoms with E-state index in [0.29, 0.717) is 12.3 Å². The molecule has 0 saturated carbocycles. The molecule has 1 aliphatic heterocycles. The molecule has 1 atom stereocenters. The molecule has 0 radical (unpaired) electrons. The molecule has 15 heavy (non-hydrogen) atoms. The van der Waals surface area contributed by atoms with Crippen LogP contribution in [0.3, 0.4) is 0 Å². The van der Waals surface area contributed by atoms with Gasteiger partial charge in [0.2, 0.25) is 0 Å². The number of hydrogen-bond acceptors (Lipinski definition) is 5. The lowest BCUT2D eigenvalue weighted by Gasteiger charge is -2.30. The molecule has 0 spiro atoms. The Kier molecular flexibility index (Phi) is 5.01. The van der Waals surface area contributed by atoms with E-state index in [1.807, 2.05) is 5.06 Å². The Labute approximate surface area is 90.5 Å². The van der Waals surface area contributed by atoms with Crippen LogP contribution in [0.15, 0.2) is 0 Å². The summed E-state index contributed by atoms with van der Waals surface area (Å²) in [4.78, 5) is 16.2. The van der Waals surface area contributed by atoms with Crippen LogP contribution in [0, 0.1) is 5.92 Å². The standard InChI is InChI=1S/C10H20N2O3/c1-14-10(13)9(11)7-8-3-5-12(15-2)6-4-8/h8-9H,3-7,11H2,1-2H3. The number of carbonyl (C=O) groups is 1. The monoisotopic (exact) mass is 216 g/mol. The predicted molar refractivity (Wildman–Crippen MR) is 55.9 cm³/mol. The summed E-state index contributed by atoms with van der Waals surface area (Å²) in [6.07, 6.45) is 2.77. The minimum atomic E-state index is -0.478. The molecule has 1 aliphatic rings. The minimum Gasteiger partial charge on any atom is -0.468 e. The first-order valence-corrected chi connectivity index (χ1v) is 5.29. The number of esters is 1. The van der Waals surface area contributed by atoms with Gasteiger partial charge in [0.25, 0.3) is 0 Å². The average molecular weight is 216 g/mol. The van der Waals surface area contributed by atoms with Crippen molar-refractivity contribution in [1.29, 1.82) is 0 Å². The Morgan fingerprint density at radius 2 is 2.07 bits per heavy atom. The van der Waals surface area contributed by atoms with Crippen LogP contribution in [0.25, 0.3) is 0 Å². The number of piperidine rings is 1. The second-order valence-corrected chi connectivity index (χ2v) is 3.92. The van der Waals surface area contributed by atoms with Crippen LogP contribution in [0.5, 0.6) is 0 Å². The van der Waals surface area contributed by atoms with Crippen LogP contribution in [-0.2, 0) is 14.4 Å². The van der Waals surface area contributed by atoms with Crippen LogP contribution in [-0.4, -0.2) is 44.4 Å². The number of carbonyl (C=O) groups excluding carboxylic acids is 1. The smallest absolute Gasteiger partial charge is 0.322 e. The number of nitrogens with zero attached hydrogens (tertiary/aromatic N) is 1. The van der Waals surface area contributed by atoms with Gasteiger partial charge in [-0.05, 0) is 25.2 Å². The van der Waals surface area contributed by atoms with Gasteiger partial charge in [-0.1, -0.05) is 0 Å². The molecule has 0 aromatic carbocycles. The topological polar surface area (TPSA) is 64.8 Å². The van der Waals surface area contributed by atoms with Crippen LogP contribution in [0.1, 0.15) is 19.3 Å². The summed E-state index contributed by atoms with van der Waals surface area (Å²) < 4.78 is 4.60. The molecule has 1 fully saturated rings. The molecule has 88 valence electrons. The average Bonchev–Trinajstić information content (AvgIpc) is 2.29. The molecule has 1 unspecified atom stereocenters. The van der Waals surface area contributed by atoms with Gasteiger partial charge in [-0.3, -0.25) is 4.79 Å². The maximum atomic E-state index is 11.1. The molecule has 1 saturated heterocycles. The van der Waals surface area contributed by atoms with Gasteiger partial charge in [-0.2, -0.15) is 5.06 Å². The lowest BCUT2D eigenvalue weighted by atomic mass is 9.91. The fourth-order valence-corrected chi connectivity index (χ4v) is 1.93. The van der Waals surface area contributed by atoms with Crippen molar-refractivity contribution in [2.45, 2.75) is 25.3 Å². The van der Waals surface area contributed by atoms with Gasteiger partial charge >= 0.3 is 5.97 Å². The molecule has 5 heteroatoms. The van der Waals surface area contributed by atoms with Crippen LogP contribution in [0.4, 0.5) is 0 Å². The zero-order valence-corrected chi connectivity index (χ0v) is 9.44. The highest BCUT2D eigenvalue weighted by molar-refractivity contribution is 5.75. The van der Waals surface area contributed by atoms with Crippen molar-refractivity contribution in [2.24, 2.45) is 11.7 Å². The van der Waals surface area contributed by atoms with E-state index < -0.39 is 6.04 Å². The van der Waals surface area contributed by atoms with E-state index in [4.69, 9.17) is 10.6 Å². The zero-order valence-electron chi connectivity index (χ0n) is 9.44. The highest BCUT2D eigenvalue weighted by Gasteiger charge is 2.24. The summed E-state index contributed by atoms with van der Waals surface area (Å²) in [5, 5.41) is 1.93. The van der Waals surface area contributed by atoms with E-state index in [-0.39, 0.29) is 5.97 Å². The molecule has 0 bridgehead atoms. The van der Waals surface area contributed by atoms with E-state index in [9.17, 15) is 4.79 Å². The Morgan fingerprint density at radius 3 is 2.53 bits per heavy atom. The van der Waals surface area contributed by atoms with Crippen LogP contribution < -0.4 is 5.73 Å². The van der Waals surface area contributed by atoms with E-state index in [2.05, 4.69) is 4.74 Å². The third-order valence-electron chi connectivity index (χ3n) is 2.92.